The van der Waals surface area contributed by atoms with Crippen molar-refractivity contribution >= 4 is 59.2 Å². The minimum absolute atomic E-state index is 0. The molecule has 2 heterocycles. The van der Waals surface area contributed by atoms with E-state index in [1.165, 1.54) is 0 Å². The summed E-state index contributed by atoms with van der Waals surface area (Å²) in [6, 6.07) is 13.7. The molecule has 2 aromatic carbocycles. The first-order valence-electron chi connectivity index (χ1n) is 12.0. The Hall–Kier alpha value is -2.65. The molecule has 1 unspecified atom stereocenters. The van der Waals surface area contributed by atoms with E-state index >= 15 is 0 Å². The van der Waals surface area contributed by atoms with Gasteiger partial charge in [0.1, 0.15) is 0 Å². The maximum absolute atomic E-state index is 13.8. The number of rotatable bonds is 6. The molecule has 10 heteroatoms. The van der Waals surface area contributed by atoms with Crippen LogP contribution in [0, 0.1) is 0 Å². The lowest BCUT2D eigenvalue weighted by atomic mass is 9.79. The average Bonchev–Trinajstić information content (AvgIpc) is 3.28. The molecule has 0 bridgehead atoms. The van der Waals surface area contributed by atoms with Crippen LogP contribution in [0.15, 0.2) is 59.0 Å². The molecule has 2 N–H and O–H groups in total. The van der Waals surface area contributed by atoms with E-state index in [0.717, 1.165) is 49.7 Å². The number of hydrogen-bond donors (Lipinski definition) is 2. The molecular weight excluding hydrogens is 533 g/mol. The van der Waals surface area contributed by atoms with Gasteiger partial charge in [-0.3, -0.25) is 24.1 Å². The number of nitrogens with zero attached hydrogens (tertiary/aromatic N) is 1. The summed E-state index contributed by atoms with van der Waals surface area (Å²) in [6.45, 7) is 1.96. The summed E-state index contributed by atoms with van der Waals surface area (Å²) in [5.41, 5.74) is -0.176. The number of halogens is 2. The SMILES string of the molecule is Cl.O=C(CN1CCCCC1)NC1(C(=O)NCc2ccc(Cl)cc2)CSC2=C1C(=O)c1ccccc1C2=O. The highest BCUT2D eigenvalue weighted by Gasteiger charge is 2.55. The van der Waals surface area contributed by atoms with Crippen molar-refractivity contribution in [2.45, 2.75) is 31.3 Å². The van der Waals surface area contributed by atoms with Crippen LogP contribution in [0.4, 0.5) is 0 Å². The lowest BCUT2D eigenvalue weighted by Crippen LogP contribution is -2.63. The summed E-state index contributed by atoms with van der Waals surface area (Å²) in [5, 5.41) is 6.36. The largest absolute Gasteiger partial charge is 0.350 e. The molecule has 194 valence electrons. The van der Waals surface area contributed by atoms with Crippen molar-refractivity contribution in [2.75, 3.05) is 25.4 Å². The zero-order chi connectivity index (χ0) is 25.3. The summed E-state index contributed by atoms with van der Waals surface area (Å²) < 4.78 is 0. The number of likely N-dealkylation sites (tertiary alicyclic amines) is 1. The second-order valence-electron chi connectivity index (χ2n) is 9.30. The van der Waals surface area contributed by atoms with Crippen LogP contribution in [0.25, 0.3) is 0 Å². The van der Waals surface area contributed by atoms with E-state index in [1.54, 1.807) is 48.5 Å². The first-order valence-corrected chi connectivity index (χ1v) is 13.4. The summed E-state index contributed by atoms with van der Waals surface area (Å²) in [6.07, 6.45) is 3.18. The highest BCUT2D eigenvalue weighted by Crippen LogP contribution is 2.45. The Bertz CT molecular complexity index is 1270. The third-order valence-corrected chi connectivity index (χ3v) is 8.37. The third-order valence-electron chi connectivity index (χ3n) is 6.86. The Morgan fingerprint density at radius 1 is 0.946 bits per heavy atom. The third kappa shape index (κ3) is 5.34. The molecule has 2 amide bonds. The first-order chi connectivity index (χ1) is 17.4. The van der Waals surface area contributed by atoms with Crippen LogP contribution in [0.2, 0.25) is 5.02 Å². The number of carbonyl (C=O) groups is 4. The molecule has 0 radical (unpaired) electrons. The molecule has 1 atom stereocenters. The second kappa shape index (κ2) is 11.4. The van der Waals surface area contributed by atoms with Gasteiger partial charge in [0.25, 0.3) is 5.91 Å². The minimum Gasteiger partial charge on any atom is -0.350 e. The molecule has 5 rings (SSSR count). The van der Waals surface area contributed by atoms with Crippen molar-refractivity contribution in [1.82, 2.24) is 15.5 Å². The fourth-order valence-electron chi connectivity index (χ4n) is 5.00. The molecule has 3 aliphatic rings. The van der Waals surface area contributed by atoms with Gasteiger partial charge in [-0.1, -0.05) is 54.4 Å². The lowest BCUT2D eigenvalue weighted by Gasteiger charge is -2.33. The smallest absolute Gasteiger partial charge is 0.251 e. The lowest BCUT2D eigenvalue weighted by molar-refractivity contribution is -0.132. The van der Waals surface area contributed by atoms with E-state index in [1.807, 2.05) is 0 Å². The first kappa shape index (κ1) is 27.4. The van der Waals surface area contributed by atoms with E-state index in [2.05, 4.69) is 15.5 Å². The van der Waals surface area contributed by atoms with Gasteiger partial charge in [0, 0.05) is 28.4 Å². The molecule has 0 spiro atoms. The van der Waals surface area contributed by atoms with E-state index in [4.69, 9.17) is 11.6 Å². The van der Waals surface area contributed by atoms with Crippen molar-refractivity contribution < 1.29 is 19.2 Å². The highest BCUT2D eigenvalue weighted by molar-refractivity contribution is 8.04. The molecule has 7 nitrogen and oxygen atoms in total. The summed E-state index contributed by atoms with van der Waals surface area (Å²) >= 11 is 7.12. The van der Waals surface area contributed by atoms with Gasteiger partial charge in [-0.15, -0.1) is 24.2 Å². The molecule has 2 aliphatic heterocycles. The fourth-order valence-corrected chi connectivity index (χ4v) is 6.49. The number of fused-ring (bicyclic) bond motifs is 1. The van der Waals surface area contributed by atoms with Gasteiger partial charge in [-0.05, 0) is 43.6 Å². The Balaban J connectivity index is 0.00000320. The monoisotopic (exact) mass is 559 g/mol. The number of hydrogen-bond acceptors (Lipinski definition) is 6. The molecular formula is C27H27Cl2N3O4S. The Labute approximate surface area is 230 Å². The van der Waals surface area contributed by atoms with Gasteiger partial charge in [-0.25, -0.2) is 0 Å². The normalized spacial score (nSPS) is 21.1. The zero-order valence-electron chi connectivity index (χ0n) is 20.1. The van der Waals surface area contributed by atoms with Crippen LogP contribution in [-0.4, -0.2) is 59.2 Å². The van der Waals surface area contributed by atoms with Crippen LogP contribution in [0.1, 0.15) is 45.5 Å². The number of amides is 2. The van der Waals surface area contributed by atoms with Crippen LogP contribution in [-0.2, 0) is 16.1 Å². The topological polar surface area (TPSA) is 95.6 Å². The number of allylic oxidation sites excluding steroid dienone is 1. The number of benzene rings is 2. The number of Topliss-reactive ketones (excluding diaryl/α,β-unsaturated/α-hetero) is 2. The van der Waals surface area contributed by atoms with Crippen LogP contribution >= 0.6 is 35.8 Å². The van der Waals surface area contributed by atoms with Crippen molar-refractivity contribution in [3.63, 3.8) is 0 Å². The molecule has 0 aromatic heterocycles. The van der Waals surface area contributed by atoms with Gasteiger partial charge in [0.2, 0.25) is 11.7 Å². The van der Waals surface area contributed by atoms with Crippen molar-refractivity contribution in [2.24, 2.45) is 0 Å². The number of ketones is 2. The number of thioether (sulfide) groups is 1. The van der Waals surface area contributed by atoms with Gasteiger partial charge in [0.05, 0.1) is 17.0 Å². The van der Waals surface area contributed by atoms with Crippen molar-refractivity contribution in [3.05, 3.63) is 80.7 Å². The molecule has 0 saturated carbocycles. The van der Waals surface area contributed by atoms with Gasteiger partial charge < -0.3 is 10.6 Å². The fraction of sp³-hybridized carbons (Fsp3) is 0.333. The zero-order valence-corrected chi connectivity index (χ0v) is 22.4. The number of piperidine rings is 1. The van der Waals surface area contributed by atoms with E-state index in [0.29, 0.717) is 10.6 Å². The molecule has 1 saturated heterocycles. The molecule has 37 heavy (non-hydrogen) atoms. The minimum atomic E-state index is -1.64. The van der Waals surface area contributed by atoms with Gasteiger partial charge in [0.15, 0.2) is 11.3 Å². The summed E-state index contributed by atoms with van der Waals surface area (Å²) in [7, 11) is 0. The molecule has 2 aromatic rings. The Morgan fingerprint density at radius 2 is 1.59 bits per heavy atom. The summed E-state index contributed by atoms with van der Waals surface area (Å²) in [5.74, 6) is -1.47. The van der Waals surface area contributed by atoms with Crippen LogP contribution < -0.4 is 10.6 Å². The second-order valence-corrected chi connectivity index (χ2v) is 10.7. The quantitative estimate of drug-likeness (QED) is 0.559. The van der Waals surface area contributed by atoms with Crippen molar-refractivity contribution in [3.8, 4) is 0 Å². The maximum atomic E-state index is 13.8. The predicted molar refractivity (Wildman–Crippen MR) is 146 cm³/mol. The van der Waals surface area contributed by atoms with Gasteiger partial charge in [-0.2, -0.15) is 0 Å². The molecule has 1 aliphatic carbocycles. The number of nitrogens with one attached hydrogen (secondary N) is 2. The van der Waals surface area contributed by atoms with Crippen molar-refractivity contribution in [1.29, 1.82) is 0 Å². The Kier molecular flexibility index (Phi) is 8.43. The highest BCUT2D eigenvalue weighted by atomic mass is 35.5. The Morgan fingerprint density at radius 3 is 2.27 bits per heavy atom. The summed E-state index contributed by atoms with van der Waals surface area (Å²) in [4.78, 5) is 56.2. The maximum Gasteiger partial charge on any atom is 0.251 e. The van der Waals surface area contributed by atoms with Crippen LogP contribution in [0.3, 0.4) is 0 Å². The average molecular weight is 561 g/mol. The van der Waals surface area contributed by atoms with Crippen LogP contribution in [0.5, 0.6) is 0 Å². The van der Waals surface area contributed by atoms with E-state index in [-0.39, 0.29) is 59.0 Å². The van der Waals surface area contributed by atoms with E-state index in [9.17, 15) is 19.2 Å². The van der Waals surface area contributed by atoms with E-state index < -0.39 is 17.2 Å². The van der Waals surface area contributed by atoms with Gasteiger partial charge >= 0.3 is 0 Å². The molecule has 1 fully saturated rings. The number of carbonyl (C=O) groups excluding carboxylic acids is 4. The predicted octanol–water partition coefficient (Wildman–Crippen LogP) is 3.80. The standard InChI is InChI=1S/C27H26ClN3O4S.ClH/c28-18-10-8-17(9-11-18)14-29-26(35)27(30-21(32)15-31-12-4-1-5-13-31)16-36-25-22(27)23(33)19-6-2-3-7-20(19)24(25)34;/h2-3,6-11H,1,4-5,12-16H2,(H,29,35)(H,30,32);1H.